The van der Waals surface area contributed by atoms with Crippen LogP contribution in [0.15, 0.2) is 75.4 Å². The first-order chi connectivity index (χ1) is 9.68. The molecule has 2 aliphatic carbocycles. The first kappa shape index (κ1) is 11.9. The molecule has 0 N–H and O–H groups in total. The smallest absolute Gasteiger partial charge is 0.145 e. The van der Waals surface area contributed by atoms with E-state index in [9.17, 15) is 4.39 Å². The van der Waals surface area contributed by atoms with Crippen LogP contribution in [0.4, 0.5) is 4.39 Å². The second-order valence-electron chi connectivity index (χ2n) is 5.18. The summed E-state index contributed by atoms with van der Waals surface area (Å²) in [6.45, 7) is 0. The Labute approximate surface area is 121 Å². The van der Waals surface area contributed by atoms with Gasteiger partial charge < -0.3 is 4.90 Å². The molecular formula is C16H12ClFN2. The van der Waals surface area contributed by atoms with E-state index in [-0.39, 0.29) is 17.8 Å². The molecule has 2 heterocycles. The van der Waals surface area contributed by atoms with E-state index < -0.39 is 0 Å². The first-order valence-electron chi connectivity index (χ1n) is 6.53. The second-order valence-corrected chi connectivity index (χ2v) is 5.56. The maximum Gasteiger partial charge on any atom is 0.145 e. The van der Waals surface area contributed by atoms with Crippen molar-refractivity contribution < 1.29 is 4.39 Å². The molecule has 0 amide bonds. The highest BCUT2D eigenvalue weighted by molar-refractivity contribution is 6.33. The molecule has 100 valence electrons. The van der Waals surface area contributed by atoms with Gasteiger partial charge >= 0.3 is 0 Å². The van der Waals surface area contributed by atoms with E-state index >= 15 is 0 Å². The van der Waals surface area contributed by atoms with E-state index in [4.69, 9.17) is 11.6 Å². The summed E-state index contributed by atoms with van der Waals surface area (Å²) >= 11 is 6.51. The quantitative estimate of drug-likeness (QED) is 0.664. The molecule has 0 aromatic rings. The molecule has 4 rings (SSSR count). The molecule has 4 heteroatoms. The second kappa shape index (κ2) is 4.06. The molecule has 4 aliphatic rings. The largest absolute Gasteiger partial charge is 0.365 e. The standard InChI is InChI=1S/C16H12ClFN2/c1-20-12-8-3-2-5-9(12)13(17)15-16(20)10-6-4-7-11(18)14(10)19-15/h2-8,10,12H,1H3. The monoisotopic (exact) mass is 286 g/mol. The number of hydrogen-bond acceptors (Lipinski definition) is 2. The molecule has 2 aliphatic heterocycles. The average molecular weight is 287 g/mol. The van der Waals surface area contributed by atoms with Gasteiger partial charge in [-0.3, -0.25) is 0 Å². The number of aliphatic imine (C=N–C) groups is 1. The number of nitrogens with zero attached hydrogens (tertiary/aromatic N) is 2. The van der Waals surface area contributed by atoms with Gasteiger partial charge in [0.15, 0.2) is 0 Å². The van der Waals surface area contributed by atoms with E-state index in [1.807, 2.05) is 31.4 Å². The Morgan fingerprint density at radius 1 is 1.25 bits per heavy atom. The van der Waals surface area contributed by atoms with Gasteiger partial charge in [0.2, 0.25) is 0 Å². The van der Waals surface area contributed by atoms with Crippen molar-refractivity contribution >= 4 is 17.3 Å². The summed E-state index contributed by atoms with van der Waals surface area (Å²) in [7, 11) is 2.01. The predicted octanol–water partition coefficient (Wildman–Crippen LogP) is 3.62. The van der Waals surface area contributed by atoms with Crippen LogP contribution in [0.1, 0.15) is 0 Å². The summed E-state index contributed by atoms with van der Waals surface area (Å²) in [6, 6.07) is 0.100. The van der Waals surface area contributed by atoms with Crippen molar-refractivity contribution in [3.8, 4) is 0 Å². The lowest BCUT2D eigenvalue weighted by molar-refractivity contribution is 0.363. The van der Waals surface area contributed by atoms with Crippen LogP contribution in [-0.4, -0.2) is 23.7 Å². The van der Waals surface area contributed by atoms with Crippen molar-refractivity contribution in [2.45, 2.75) is 6.04 Å². The van der Waals surface area contributed by atoms with Crippen molar-refractivity contribution in [2.75, 3.05) is 7.05 Å². The van der Waals surface area contributed by atoms with Crippen molar-refractivity contribution in [3.05, 3.63) is 70.4 Å². The fourth-order valence-electron chi connectivity index (χ4n) is 3.15. The lowest BCUT2D eigenvalue weighted by Gasteiger charge is -2.37. The number of likely N-dealkylation sites (N-methyl/N-ethyl adjacent to an activating group) is 1. The molecule has 0 spiro atoms. The Morgan fingerprint density at radius 3 is 2.95 bits per heavy atom. The van der Waals surface area contributed by atoms with E-state index in [2.05, 4.69) is 16.0 Å². The zero-order chi connectivity index (χ0) is 13.9. The van der Waals surface area contributed by atoms with Gasteiger partial charge in [0, 0.05) is 7.05 Å². The van der Waals surface area contributed by atoms with E-state index in [1.165, 1.54) is 6.08 Å². The summed E-state index contributed by atoms with van der Waals surface area (Å²) in [5.74, 6) is -0.404. The summed E-state index contributed by atoms with van der Waals surface area (Å²) in [4.78, 5) is 6.59. The van der Waals surface area contributed by atoms with Crippen molar-refractivity contribution in [3.63, 3.8) is 0 Å². The molecule has 2 atom stereocenters. The zero-order valence-corrected chi connectivity index (χ0v) is 11.6. The lowest BCUT2D eigenvalue weighted by Crippen LogP contribution is -2.38. The fraction of sp³-hybridized carbons (Fsp3) is 0.188. The number of rotatable bonds is 0. The lowest BCUT2D eigenvalue weighted by atomic mass is 9.89. The van der Waals surface area contributed by atoms with Crippen LogP contribution < -0.4 is 0 Å². The topological polar surface area (TPSA) is 15.6 Å². The van der Waals surface area contributed by atoms with Gasteiger partial charge in [-0.1, -0.05) is 48.1 Å². The number of fused-ring (bicyclic) bond motifs is 3. The van der Waals surface area contributed by atoms with Gasteiger partial charge in [-0.2, -0.15) is 0 Å². The Morgan fingerprint density at radius 2 is 2.10 bits per heavy atom. The van der Waals surface area contributed by atoms with E-state index in [0.29, 0.717) is 16.4 Å². The third-order valence-corrected chi connectivity index (χ3v) is 4.51. The molecule has 0 aromatic heterocycles. The van der Waals surface area contributed by atoms with Crippen LogP contribution in [0.3, 0.4) is 0 Å². The highest BCUT2D eigenvalue weighted by atomic mass is 35.5. The Hall–Kier alpha value is -1.87. The van der Waals surface area contributed by atoms with Crippen molar-refractivity contribution in [2.24, 2.45) is 10.9 Å². The van der Waals surface area contributed by atoms with Gasteiger partial charge in [0.1, 0.15) is 11.5 Å². The van der Waals surface area contributed by atoms with E-state index in [1.54, 1.807) is 6.08 Å². The summed E-state index contributed by atoms with van der Waals surface area (Å²) < 4.78 is 13.9. The molecule has 0 fully saturated rings. The van der Waals surface area contributed by atoms with Crippen LogP contribution in [0.2, 0.25) is 0 Å². The average Bonchev–Trinajstić information content (AvgIpc) is 2.86. The van der Waals surface area contributed by atoms with E-state index in [0.717, 1.165) is 11.3 Å². The maximum absolute atomic E-state index is 13.9. The molecule has 20 heavy (non-hydrogen) atoms. The molecule has 2 nitrogen and oxygen atoms in total. The van der Waals surface area contributed by atoms with Crippen molar-refractivity contribution in [1.82, 2.24) is 4.90 Å². The van der Waals surface area contributed by atoms with Gasteiger partial charge in [0.05, 0.1) is 28.4 Å². The van der Waals surface area contributed by atoms with Crippen LogP contribution in [0.5, 0.6) is 0 Å². The Bertz CT molecular complexity index is 719. The molecule has 0 bridgehead atoms. The third kappa shape index (κ3) is 1.41. The van der Waals surface area contributed by atoms with Crippen LogP contribution >= 0.6 is 11.6 Å². The number of halogens is 2. The van der Waals surface area contributed by atoms with Gasteiger partial charge in [-0.25, -0.2) is 9.38 Å². The normalized spacial score (nSPS) is 30.2. The molecule has 0 saturated carbocycles. The molecule has 0 radical (unpaired) electrons. The van der Waals surface area contributed by atoms with Gasteiger partial charge in [-0.05, 0) is 11.6 Å². The molecule has 0 saturated heterocycles. The fourth-order valence-corrected chi connectivity index (χ4v) is 3.46. The third-order valence-electron chi connectivity index (χ3n) is 4.11. The molecular weight excluding hydrogens is 275 g/mol. The number of hydrogen-bond donors (Lipinski definition) is 0. The molecule has 2 unspecified atom stereocenters. The SMILES string of the molecule is CN1C2=C(N=C3C(F)=CC=CC32)C(Cl)=C2C=CC=CC21. The minimum absolute atomic E-state index is 0.100. The first-order valence-corrected chi connectivity index (χ1v) is 6.91. The zero-order valence-electron chi connectivity index (χ0n) is 10.8. The molecule has 0 aromatic carbocycles. The highest BCUT2D eigenvalue weighted by Crippen LogP contribution is 2.45. The summed E-state index contributed by atoms with van der Waals surface area (Å²) in [5.41, 5.74) is 3.18. The minimum atomic E-state index is -0.274. The van der Waals surface area contributed by atoms with Crippen LogP contribution in [0.25, 0.3) is 0 Å². The van der Waals surface area contributed by atoms with Gasteiger partial charge in [-0.15, -0.1) is 0 Å². The summed E-state index contributed by atoms with van der Waals surface area (Å²) in [6.07, 6.45) is 13.2. The van der Waals surface area contributed by atoms with Crippen LogP contribution in [0, 0.1) is 5.92 Å². The Balaban J connectivity index is 1.91. The Kier molecular flexibility index (Phi) is 2.42. The number of allylic oxidation sites excluding steroid dienone is 7. The van der Waals surface area contributed by atoms with Gasteiger partial charge in [0.25, 0.3) is 0 Å². The summed E-state index contributed by atoms with van der Waals surface area (Å²) in [5, 5.41) is 0.631. The van der Waals surface area contributed by atoms with Crippen molar-refractivity contribution in [1.29, 1.82) is 0 Å². The minimum Gasteiger partial charge on any atom is -0.365 e. The maximum atomic E-state index is 13.9. The van der Waals surface area contributed by atoms with Crippen LogP contribution in [-0.2, 0) is 0 Å². The predicted molar refractivity (Wildman–Crippen MR) is 79.0 cm³/mol. The highest BCUT2D eigenvalue weighted by Gasteiger charge is 2.40.